The van der Waals surface area contributed by atoms with Gasteiger partial charge in [0, 0.05) is 5.02 Å². The molecule has 0 atom stereocenters. The minimum Gasteiger partial charge on any atom is -0.456 e. The first-order chi connectivity index (χ1) is 8.06. The molecule has 0 saturated heterocycles. The largest absolute Gasteiger partial charge is 0.456 e. The van der Waals surface area contributed by atoms with Gasteiger partial charge in [-0.05, 0) is 49.2 Å². The molecule has 0 aliphatic carbocycles. The Hall–Kier alpha value is -1.74. The maximum absolute atomic E-state index is 6.09. The second-order valence-electron chi connectivity index (χ2n) is 3.89. The third-order valence-corrected chi connectivity index (χ3v) is 3.00. The van der Waals surface area contributed by atoms with Crippen molar-refractivity contribution in [2.45, 2.75) is 13.8 Å². The maximum Gasteiger partial charge on any atom is 0.145 e. The van der Waals surface area contributed by atoms with Gasteiger partial charge in [0.25, 0.3) is 0 Å². The molecule has 0 spiro atoms. The van der Waals surface area contributed by atoms with Gasteiger partial charge < -0.3 is 10.5 Å². The van der Waals surface area contributed by atoms with Gasteiger partial charge >= 0.3 is 0 Å². The number of ether oxygens (including phenoxy) is 1. The lowest BCUT2D eigenvalue weighted by Gasteiger charge is -2.09. The van der Waals surface area contributed by atoms with Gasteiger partial charge in [-0.15, -0.1) is 0 Å². The molecule has 0 aliphatic rings. The zero-order valence-corrected chi connectivity index (χ0v) is 10.5. The molecule has 2 aromatic rings. The Morgan fingerprint density at radius 2 is 1.76 bits per heavy atom. The molecule has 0 bridgehead atoms. The number of rotatable bonds is 2. The zero-order valence-electron chi connectivity index (χ0n) is 9.70. The summed E-state index contributed by atoms with van der Waals surface area (Å²) in [6, 6.07) is 7.27. The summed E-state index contributed by atoms with van der Waals surface area (Å²) in [5.74, 6) is 1.87. The smallest absolute Gasteiger partial charge is 0.145 e. The molecule has 2 rings (SSSR count). The minimum absolute atomic E-state index is 0.473. The fourth-order valence-electron chi connectivity index (χ4n) is 1.55. The first-order valence-corrected chi connectivity index (χ1v) is 5.60. The number of nitrogens with two attached hydrogens (primary N) is 1. The summed E-state index contributed by atoms with van der Waals surface area (Å²) >= 11 is 6.09. The van der Waals surface area contributed by atoms with Crippen molar-refractivity contribution < 1.29 is 4.74 Å². The van der Waals surface area contributed by atoms with Crippen molar-refractivity contribution in [1.82, 2.24) is 4.98 Å². The Balaban J connectivity index is 2.27. The lowest BCUT2D eigenvalue weighted by molar-refractivity contribution is 0.479. The van der Waals surface area contributed by atoms with Crippen LogP contribution in [0.2, 0.25) is 5.02 Å². The van der Waals surface area contributed by atoms with Crippen LogP contribution in [0.4, 0.5) is 5.82 Å². The predicted molar refractivity (Wildman–Crippen MR) is 69.6 cm³/mol. The van der Waals surface area contributed by atoms with E-state index in [0.29, 0.717) is 11.6 Å². The number of anilines is 1. The molecule has 1 heterocycles. The SMILES string of the molecule is Cc1cc(Oc2ccc(N)nc2)cc(C)c1Cl. The summed E-state index contributed by atoms with van der Waals surface area (Å²) in [5.41, 5.74) is 7.49. The van der Waals surface area contributed by atoms with Crippen LogP contribution >= 0.6 is 11.6 Å². The van der Waals surface area contributed by atoms with E-state index in [9.17, 15) is 0 Å². The van der Waals surface area contributed by atoms with Gasteiger partial charge in [-0.2, -0.15) is 0 Å². The van der Waals surface area contributed by atoms with E-state index in [4.69, 9.17) is 22.1 Å². The molecule has 0 fully saturated rings. The quantitative estimate of drug-likeness (QED) is 0.881. The third kappa shape index (κ3) is 2.68. The molecule has 0 radical (unpaired) electrons. The number of halogens is 1. The number of hydrogen-bond donors (Lipinski definition) is 1. The topological polar surface area (TPSA) is 48.1 Å². The molecular formula is C13H13ClN2O. The molecule has 0 aliphatic heterocycles. The van der Waals surface area contributed by atoms with E-state index in [1.807, 2.05) is 26.0 Å². The average molecular weight is 249 g/mol. The van der Waals surface area contributed by atoms with Crippen LogP contribution in [0.25, 0.3) is 0 Å². The number of pyridine rings is 1. The first-order valence-electron chi connectivity index (χ1n) is 5.22. The average Bonchev–Trinajstić information content (AvgIpc) is 2.29. The molecule has 0 unspecified atom stereocenters. The highest BCUT2D eigenvalue weighted by Gasteiger charge is 2.04. The lowest BCUT2D eigenvalue weighted by Crippen LogP contribution is -1.91. The van der Waals surface area contributed by atoms with E-state index in [2.05, 4.69) is 4.98 Å². The van der Waals surface area contributed by atoms with Crippen molar-refractivity contribution in [1.29, 1.82) is 0 Å². The Morgan fingerprint density at radius 1 is 1.12 bits per heavy atom. The van der Waals surface area contributed by atoms with E-state index in [-0.39, 0.29) is 0 Å². The fraction of sp³-hybridized carbons (Fsp3) is 0.154. The molecule has 3 nitrogen and oxygen atoms in total. The molecule has 1 aromatic heterocycles. The van der Waals surface area contributed by atoms with Crippen LogP contribution in [0, 0.1) is 13.8 Å². The molecule has 1 aromatic carbocycles. The van der Waals surface area contributed by atoms with Crippen molar-refractivity contribution in [3.63, 3.8) is 0 Å². The van der Waals surface area contributed by atoms with Gasteiger partial charge in [0.05, 0.1) is 6.20 Å². The number of nitrogens with zero attached hydrogens (tertiary/aromatic N) is 1. The van der Waals surface area contributed by atoms with Crippen LogP contribution in [0.5, 0.6) is 11.5 Å². The summed E-state index contributed by atoms with van der Waals surface area (Å²) in [7, 11) is 0. The van der Waals surface area contributed by atoms with E-state index in [1.165, 1.54) is 0 Å². The molecular weight excluding hydrogens is 236 g/mol. The highest BCUT2D eigenvalue weighted by atomic mass is 35.5. The van der Waals surface area contributed by atoms with Gasteiger partial charge in [0.1, 0.15) is 17.3 Å². The Morgan fingerprint density at radius 3 is 2.29 bits per heavy atom. The van der Waals surface area contributed by atoms with Crippen molar-refractivity contribution in [2.75, 3.05) is 5.73 Å². The summed E-state index contributed by atoms with van der Waals surface area (Å²) in [4.78, 5) is 3.96. The van der Waals surface area contributed by atoms with Crippen LogP contribution in [0.15, 0.2) is 30.5 Å². The monoisotopic (exact) mass is 248 g/mol. The van der Waals surface area contributed by atoms with Gasteiger partial charge in [0.15, 0.2) is 0 Å². The first kappa shape index (κ1) is 11.7. The highest BCUT2D eigenvalue weighted by Crippen LogP contribution is 2.28. The van der Waals surface area contributed by atoms with Gasteiger partial charge in [0.2, 0.25) is 0 Å². The molecule has 88 valence electrons. The molecule has 2 N–H and O–H groups in total. The summed E-state index contributed by atoms with van der Waals surface area (Å²) < 4.78 is 5.67. The van der Waals surface area contributed by atoms with Gasteiger partial charge in [-0.3, -0.25) is 0 Å². The van der Waals surface area contributed by atoms with Crippen molar-refractivity contribution in [3.05, 3.63) is 46.6 Å². The molecule has 0 saturated carbocycles. The molecule has 4 heteroatoms. The second-order valence-corrected chi connectivity index (χ2v) is 4.27. The number of aryl methyl sites for hydroxylation is 2. The van der Waals surface area contributed by atoms with Crippen molar-refractivity contribution >= 4 is 17.4 Å². The van der Waals surface area contributed by atoms with Crippen molar-refractivity contribution in [3.8, 4) is 11.5 Å². The summed E-state index contributed by atoms with van der Waals surface area (Å²) in [6.45, 7) is 3.90. The summed E-state index contributed by atoms with van der Waals surface area (Å²) in [5, 5.41) is 0.771. The van der Waals surface area contributed by atoms with Crippen LogP contribution in [-0.2, 0) is 0 Å². The van der Waals surface area contributed by atoms with E-state index in [0.717, 1.165) is 21.9 Å². The Labute approximate surface area is 105 Å². The number of aromatic nitrogens is 1. The maximum atomic E-state index is 6.09. The molecule has 17 heavy (non-hydrogen) atoms. The van der Waals surface area contributed by atoms with Crippen LogP contribution in [-0.4, -0.2) is 4.98 Å². The Kier molecular flexibility index (Phi) is 3.20. The van der Waals surface area contributed by atoms with Crippen LogP contribution in [0.1, 0.15) is 11.1 Å². The molecule has 0 amide bonds. The van der Waals surface area contributed by atoms with Gasteiger partial charge in [-0.25, -0.2) is 4.98 Å². The lowest BCUT2D eigenvalue weighted by atomic mass is 10.1. The van der Waals surface area contributed by atoms with E-state index >= 15 is 0 Å². The zero-order chi connectivity index (χ0) is 12.4. The number of nitrogen functional groups attached to an aromatic ring is 1. The predicted octanol–water partition coefficient (Wildman–Crippen LogP) is 3.73. The second kappa shape index (κ2) is 4.63. The third-order valence-electron chi connectivity index (χ3n) is 2.40. The standard InChI is InChI=1S/C13H13ClN2O/c1-8-5-11(6-9(2)13(8)14)17-10-3-4-12(15)16-7-10/h3-7H,1-2H3,(H2,15,16). The van der Waals surface area contributed by atoms with Crippen LogP contribution < -0.4 is 10.5 Å². The Bertz CT molecular complexity index is 515. The number of benzene rings is 1. The van der Waals surface area contributed by atoms with E-state index < -0.39 is 0 Å². The normalized spacial score (nSPS) is 10.3. The number of hydrogen-bond acceptors (Lipinski definition) is 3. The fourth-order valence-corrected chi connectivity index (χ4v) is 1.66. The highest BCUT2D eigenvalue weighted by molar-refractivity contribution is 6.32. The summed E-state index contributed by atoms with van der Waals surface area (Å²) in [6.07, 6.45) is 1.59. The van der Waals surface area contributed by atoms with Gasteiger partial charge in [-0.1, -0.05) is 11.6 Å². The minimum atomic E-state index is 0.473. The van der Waals surface area contributed by atoms with Crippen LogP contribution in [0.3, 0.4) is 0 Å². The van der Waals surface area contributed by atoms with Crippen molar-refractivity contribution in [2.24, 2.45) is 0 Å². The van der Waals surface area contributed by atoms with E-state index in [1.54, 1.807) is 18.3 Å².